The van der Waals surface area contributed by atoms with E-state index in [2.05, 4.69) is 0 Å². The van der Waals surface area contributed by atoms with Crippen molar-refractivity contribution >= 4 is 6.79 Å². The van der Waals surface area contributed by atoms with Crippen LogP contribution >= 0.6 is 0 Å². The quantitative estimate of drug-likeness (QED) is 0.763. The Morgan fingerprint density at radius 3 is 2.22 bits per heavy atom. The predicted octanol–water partition coefficient (Wildman–Crippen LogP) is 3.59. The van der Waals surface area contributed by atoms with Crippen LogP contribution in [-0.4, -0.2) is 12.9 Å². The van der Waals surface area contributed by atoms with Gasteiger partial charge in [-0.15, -0.1) is 0 Å². The molecule has 1 aliphatic rings. The summed E-state index contributed by atoms with van der Waals surface area (Å²) in [6.07, 6.45) is -1.97. The van der Waals surface area contributed by atoms with Gasteiger partial charge in [-0.3, -0.25) is 0 Å². The summed E-state index contributed by atoms with van der Waals surface area (Å²) in [4.78, 5) is 8.00. The highest BCUT2D eigenvalue weighted by atomic mass is 19.4. The van der Waals surface area contributed by atoms with E-state index in [9.17, 15) is 17.6 Å². The molecule has 6 heteroatoms. The zero-order chi connectivity index (χ0) is 13.8. The van der Waals surface area contributed by atoms with Crippen molar-refractivity contribution in [3.63, 3.8) is 0 Å². The largest absolute Gasteiger partial charge is 0.490 e. The summed E-state index contributed by atoms with van der Waals surface area (Å²) < 4.78 is 55.3. The van der Waals surface area contributed by atoms with Crippen LogP contribution in [0.2, 0.25) is 0 Å². The topological polar surface area (TPSA) is 26.3 Å². The van der Waals surface area contributed by atoms with Crippen LogP contribution in [-0.2, 0) is 11.0 Å². The molecule has 1 aromatic rings. The van der Waals surface area contributed by atoms with Crippen LogP contribution in [0.25, 0.3) is 0 Å². The van der Waals surface area contributed by atoms with Crippen LogP contribution in [0.5, 0.6) is 5.75 Å². The number of hydrogen-bond donors (Lipinski definition) is 0. The molecular weight excluding hydrogens is 252 g/mol. The number of rotatable bonds is 2. The second-order valence-electron chi connectivity index (χ2n) is 3.84. The Morgan fingerprint density at radius 2 is 1.78 bits per heavy atom. The normalized spacial score (nSPS) is 15.3. The van der Waals surface area contributed by atoms with E-state index in [1.54, 1.807) is 0 Å². The molecule has 0 unspecified atom stereocenters. The third-order valence-corrected chi connectivity index (χ3v) is 2.55. The minimum Gasteiger partial charge on any atom is -0.490 e. The van der Waals surface area contributed by atoms with E-state index in [4.69, 9.17) is 9.53 Å². The molecule has 0 atom stereocenters. The van der Waals surface area contributed by atoms with Crippen molar-refractivity contribution in [2.24, 2.45) is 0 Å². The lowest BCUT2D eigenvalue weighted by Gasteiger charge is -2.26. The molecule has 0 aliphatic heterocycles. The molecule has 1 aliphatic carbocycles. The number of carbonyl (C=O) groups is 1. The highest BCUT2D eigenvalue weighted by Crippen LogP contribution is 2.33. The fourth-order valence-corrected chi connectivity index (χ4v) is 1.48. The summed E-state index contributed by atoms with van der Waals surface area (Å²) in [6, 6.07) is 2.28. The van der Waals surface area contributed by atoms with Gasteiger partial charge in [-0.25, -0.2) is 4.39 Å². The van der Waals surface area contributed by atoms with Crippen molar-refractivity contribution in [3.05, 3.63) is 29.6 Å². The van der Waals surface area contributed by atoms with E-state index >= 15 is 0 Å². The van der Waals surface area contributed by atoms with Gasteiger partial charge in [0.25, 0.3) is 0 Å². The van der Waals surface area contributed by atoms with Gasteiger partial charge in [0, 0.05) is 6.07 Å². The lowest BCUT2D eigenvalue weighted by molar-refractivity contribution is -0.138. The molecule has 1 fully saturated rings. The van der Waals surface area contributed by atoms with Crippen LogP contribution in [0.1, 0.15) is 24.8 Å². The second kappa shape index (κ2) is 5.84. The Morgan fingerprint density at radius 1 is 1.17 bits per heavy atom. The average molecular weight is 264 g/mol. The average Bonchev–Trinajstić information content (AvgIpc) is 2.24. The number of ether oxygens (including phenoxy) is 1. The van der Waals surface area contributed by atoms with E-state index in [1.165, 1.54) is 0 Å². The van der Waals surface area contributed by atoms with Gasteiger partial charge < -0.3 is 9.53 Å². The summed E-state index contributed by atoms with van der Waals surface area (Å²) in [5, 5.41) is 0. The first-order chi connectivity index (χ1) is 8.45. The Bertz CT molecular complexity index is 400. The minimum atomic E-state index is -4.54. The zero-order valence-electron chi connectivity index (χ0n) is 9.47. The zero-order valence-corrected chi connectivity index (χ0v) is 9.47. The van der Waals surface area contributed by atoms with E-state index < -0.39 is 17.6 Å². The molecule has 0 radical (unpaired) electrons. The number of carbonyl (C=O) groups excluding carboxylic acids is 1. The Kier molecular flexibility index (Phi) is 4.69. The van der Waals surface area contributed by atoms with Crippen molar-refractivity contribution in [3.8, 4) is 5.75 Å². The van der Waals surface area contributed by atoms with Gasteiger partial charge in [-0.2, -0.15) is 13.2 Å². The van der Waals surface area contributed by atoms with Crippen LogP contribution in [0.4, 0.5) is 17.6 Å². The monoisotopic (exact) mass is 264 g/mol. The summed E-state index contributed by atoms with van der Waals surface area (Å²) in [7, 11) is 0. The molecule has 100 valence electrons. The van der Waals surface area contributed by atoms with Crippen molar-refractivity contribution in [2.75, 3.05) is 0 Å². The molecule has 2 rings (SSSR count). The summed E-state index contributed by atoms with van der Waals surface area (Å²) in [6.45, 7) is 2.00. The molecule has 1 aromatic carbocycles. The number of halogens is 4. The summed E-state index contributed by atoms with van der Waals surface area (Å²) in [5.41, 5.74) is -1.01. The van der Waals surface area contributed by atoms with E-state index in [-0.39, 0.29) is 11.9 Å². The fraction of sp³-hybridized carbons (Fsp3) is 0.417. The maximum absolute atomic E-state index is 13.0. The van der Waals surface area contributed by atoms with E-state index in [1.807, 2.05) is 6.79 Å². The molecule has 0 saturated heterocycles. The lowest BCUT2D eigenvalue weighted by atomic mass is 9.96. The van der Waals surface area contributed by atoms with Gasteiger partial charge in [-0.05, 0) is 31.4 Å². The van der Waals surface area contributed by atoms with Gasteiger partial charge in [0.15, 0.2) is 0 Å². The van der Waals surface area contributed by atoms with E-state index in [0.29, 0.717) is 6.07 Å². The first-order valence-electron chi connectivity index (χ1n) is 5.28. The summed E-state index contributed by atoms with van der Waals surface area (Å²) in [5.74, 6) is -0.971. The Hall–Kier alpha value is -1.59. The van der Waals surface area contributed by atoms with Crippen molar-refractivity contribution in [2.45, 2.75) is 31.5 Å². The predicted molar refractivity (Wildman–Crippen MR) is 56.8 cm³/mol. The molecule has 0 aromatic heterocycles. The second-order valence-corrected chi connectivity index (χ2v) is 3.84. The molecular formula is C12H12F4O2. The maximum Gasteiger partial charge on any atom is 0.416 e. The maximum atomic E-state index is 13.0. The molecule has 0 N–H and O–H groups in total. The third-order valence-electron chi connectivity index (χ3n) is 2.55. The number of benzene rings is 1. The minimum absolute atomic E-state index is 0.0444. The Labute approximate surface area is 102 Å². The lowest BCUT2D eigenvalue weighted by Crippen LogP contribution is -2.24. The van der Waals surface area contributed by atoms with Crippen molar-refractivity contribution in [1.82, 2.24) is 0 Å². The molecule has 1 saturated carbocycles. The SMILES string of the molecule is C=O.Fc1cc(OC2CCC2)cc(C(F)(F)F)c1. The molecule has 0 bridgehead atoms. The van der Waals surface area contributed by atoms with Crippen LogP contribution in [0.15, 0.2) is 18.2 Å². The molecule has 0 amide bonds. The number of alkyl halides is 3. The van der Waals surface area contributed by atoms with Gasteiger partial charge in [-0.1, -0.05) is 0 Å². The Balaban J connectivity index is 0.000000771. The van der Waals surface area contributed by atoms with E-state index in [0.717, 1.165) is 31.4 Å². The van der Waals surface area contributed by atoms with Crippen LogP contribution in [0.3, 0.4) is 0 Å². The standard InChI is InChI=1S/C11H10F4O.CH2O/c12-8-4-7(11(13,14)15)5-10(6-8)16-9-2-1-3-9;1-2/h4-6,9H,1-3H2;1H2. The number of hydrogen-bond acceptors (Lipinski definition) is 2. The molecule has 0 spiro atoms. The third kappa shape index (κ3) is 3.72. The highest BCUT2D eigenvalue weighted by molar-refractivity contribution is 5.31. The molecule has 0 heterocycles. The van der Waals surface area contributed by atoms with Crippen molar-refractivity contribution in [1.29, 1.82) is 0 Å². The molecule has 2 nitrogen and oxygen atoms in total. The smallest absolute Gasteiger partial charge is 0.416 e. The van der Waals surface area contributed by atoms with Crippen LogP contribution < -0.4 is 4.74 Å². The highest BCUT2D eigenvalue weighted by Gasteiger charge is 2.32. The first-order valence-corrected chi connectivity index (χ1v) is 5.28. The van der Waals surface area contributed by atoms with Gasteiger partial charge >= 0.3 is 6.18 Å². The van der Waals surface area contributed by atoms with Crippen molar-refractivity contribution < 1.29 is 27.1 Å². The van der Waals surface area contributed by atoms with Crippen LogP contribution in [0, 0.1) is 5.82 Å². The molecule has 18 heavy (non-hydrogen) atoms. The van der Waals surface area contributed by atoms with Gasteiger partial charge in [0.2, 0.25) is 0 Å². The first kappa shape index (κ1) is 14.5. The summed E-state index contributed by atoms with van der Waals surface area (Å²) >= 11 is 0. The van der Waals surface area contributed by atoms with Gasteiger partial charge in [0.1, 0.15) is 18.4 Å². The van der Waals surface area contributed by atoms with Gasteiger partial charge in [0.05, 0.1) is 11.7 Å². The fourth-order valence-electron chi connectivity index (χ4n) is 1.48.